The first-order valence-corrected chi connectivity index (χ1v) is 8.09. The molecule has 0 bridgehead atoms. The molecule has 1 aromatic carbocycles. The van der Waals surface area contributed by atoms with Gasteiger partial charge in [0, 0.05) is 52.4 Å². The monoisotopic (exact) mass is 289 g/mol. The minimum absolute atomic E-state index is 0.705. The lowest BCUT2D eigenvalue weighted by atomic mass is 10.1. The van der Waals surface area contributed by atoms with Crippen molar-refractivity contribution in [2.75, 3.05) is 46.4 Å². The van der Waals surface area contributed by atoms with Crippen molar-refractivity contribution in [2.24, 2.45) is 0 Å². The highest BCUT2D eigenvalue weighted by molar-refractivity contribution is 5.23. The van der Waals surface area contributed by atoms with E-state index in [4.69, 9.17) is 4.74 Å². The molecule has 3 rings (SSSR count). The number of nitrogens with zero attached hydrogens (tertiary/aromatic N) is 2. The zero-order chi connectivity index (χ0) is 14.5. The maximum absolute atomic E-state index is 5.22. The van der Waals surface area contributed by atoms with Crippen LogP contribution in [0.25, 0.3) is 0 Å². The molecule has 1 N–H and O–H groups in total. The number of hydrogen-bond donors (Lipinski definition) is 1. The molecule has 2 heterocycles. The molecule has 2 saturated heterocycles. The third-order valence-corrected chi connectivity index (χ3v) is 4.67. The predicted molar refractivity (Wildman–Crippen MR) is 85.3 cm³/mol. The van der Waals surface area contributed by atoms with Gasteiger partial charge in [0.05, 0.1) is 6.61 Å². The molecule has 2 aliphatic heterocycles. The summed E-state index contributed by atoms with van der Waals surface area (Å²) in [5.74, 6) is 0. The maximum atomic E-state index is 5.22. The van der Waals surface area contributed by atoms with Crippen molar-refractivity contribution in [3.8, 4) is 0 Å². The lowest BCUT2D eigenvalue weighted by Gasteiger charge is -2.37. The van der Waals surface area contributed by atoms with E-state index in [1.54, 1.807) is 7.11 Å². The predicted octanol–water partition coefficient (Wildman–Crippen LogP) is 1.31. The number of rotatable bonds is 5. The first-order valence-electron chi connectivity index (χ1n) is 8.09. The van der Waals surface area contributed by atoms with E-state index in [9.17, 15) is 0 Å². The molecule has 0 spiro atoms. The summed E-state index contributed by atoms with van der Waals surface area (Å²) in [6.45, 7) is 8.94. The van der Waals surface area contributed by atoms with Crippen LogP contribution in [0, 0.1) is 0 Å². The lowest BCUT2D eigenvalue weighted by Crippen LogP contribution is -2.50. The van der Waals surface area contributed by atoms with Crippen molar-refractivity contribution in [3.63, 3.8) is 0 Å². The van der Waals surface area contributed by atoms with Gasteiger partial charge >= 0.3 is 0 Å². The fourth-order valence-corrected chi connectivity index (χ4v) is 3.48. The Labute approximate surface area is 128 Å². The quantitative estimate of drug-likeness (QED) is 0.884. The second kappa shape index (κ2) is 7.36. The Bertz CT molecular complexity index is 437. The van der Waals surface area contributed by atoms with Gasteiger partial charge in [-0.3, -0.25) is 9.80 Å². The molecule has 4 nitrogen and oxygen atoms in total. The molecular weight excluding hydrogens is 262 g/mol. The molecule has 0 amide bonds. The van der Waals surface area contributed by atoms with Crippen molar-refractivity contribution in [3.05, 3.63) is 35.4 Å². The number of ether oxygens (including phenoxy) is 1. The van der Waals surface area contributed by atoms with E-state index in [1.807, 2.05) is 0 Å². The summed E-state index contributed by atoms with van der Waals surface area (Å²) in [6, 6.07) is 9.56. The summed E-state index contributed by atoms with van der Waals surface area (Å²) in [7, 11) is 1.75. The molecule has 21 heavy (non-hydrogen) atoms. The summed E-state index contributed by atoms with van der Waals surface area (Å²) >= 11 is 0. The van der Waals surface area contributed by atoms with Gasteiger partial charge in [-0.05, 0) is 24.1 Å². The van der Waals surface area contributed by atoms with Gasteiger partial charge in [0.25, 0.3) is 0 Å². The fourth-order valence-electron chi connectivity index (χ4n) is 3.48. The molecule has 2 aliphatic rings. The first-order chi connectivity index (χ1) is 10.3. The average molecular weight is 289 g/mol. The molecule has 2 fully saturated rings. The van der Waals surface area contributed by atoms with Gasteiger partial charge in [-0.2, -0.15) is 0 Å². The maximum Gasteiger partial charge on any atom is 0.0713 e. The minimum atomic E-state index is 0.705. The van der Waals surface area contributed by atoms with Crippen LogP contribution in [0.15, 0.2) is 24.3 Å². The number of nitrogens with one attached hydrogen (secondary N) is 1. The van der Waals surface area contributed by atoms with Gasteiger partial charge in [0.1, 0.15) is 0 Å². The third-order valence-electron chi connectivity index (χ3n) is 4.67. The second-order valence-electron chi connectivity index (χ2n) is 6.21. The summed E-state index contributed by atoms with van der Waals surface area (Å²) in [6.07, 6.45) is 1.32. The molecule has 4 heteroatoms. The Morgan fingerprint density at radius 1 is 1.19 bits per heavy atom. The zero-order valence-electron chi connectivity index (χ0n) is 13.1. The smallest absolute Gasteiger partial charge is 0.0713 e. The number of hydrogen-bond acceptors (Lipinski definition) is 4. The highest BCUT2D eigenvalue weighted by Crippen LogP contribution is 2.15. The molecule has 116 valence electrons. The van der Waals surface area contributed by atoms with Crippen LogP contribution in [0.1, 0.15) is 17.5 Å². The zero-order valence-corrected chi connectivity index (χ0v) is 13.1. The van der Waals surface area contributed by atoms with Crippen LogP contribution in [0.4, 0.5) is 0 Å². The molecule has 1 aromatic rings. The molecule has 0 aliphatic carbocycles. The van der Waals surface area contributed by atoms with E-state index < -0.39 is 0 Å². The Morgan fingerprint density at radius 2 is 2.00 bits per heavy atom. The fraction of sp³-hybridized carbons (Fsp3) is 0.647. The molecular formula is C17H27N3O. The van der Waals surface area contributed by atoms with Gasteiger partial charge in [0.2, 0.25) is 0 Å². The number of benzene rings is 1. The van der Waals surface area contributed by atoms with Crippen LogP contribution in [-0.2, 0) is 17.9 Å². The normalized spacial score (nSPS) is 24.5. The Morgan fingerprint density at radius 3 is 2.71 bits per heavy atom. The van der Waals surface area contributed by atoms with Crippen LogP contribution < -0.4 is 5.32 Å². The van der Waals surface area contributed by atoms with Crippen molar-refractivity contribution >= 4 is 0 Å². The average Bonchev–Trinajstić information content (AvgIpc) is 3.03. The molecule has 0 saturated carbocycles. The third kappa shape index (κ3) is 4.04. The van der Waals surface area contributed by atoms with E-state index in [0.717, 1.165) is 12.6 Å². The van der Waals surface area contributed by atoms with Crippen LogP contribution in [-0.4, -0.2) is 62.2 Å². The van der Waals surface area contributed by atoms with Gasteiger partial charge < -0.3 is 10.1 Å². The van der Waals surface area contributed by atoms with Crippen LogP contribution in [0.2, 0.25) is 0 Å². The largest absolute Gasteiger partial charge is 0.380 e. The molecule has 1 unspecified atom stereocenters. The summed E-state index contributed by atoms with van der Waals surface area (Å²) < 4.78 is 5.22. The van der Waals surface area contributed by atoms with Crippen LogP contribution in [0.5, 0.6) is 0 Å². The van der Waals surface area contributed by atoms with E-state index >= 15 is 0 Å². The van der Waals surface area contributed by atoms with Crippen molar-refractivity contribution in [1.82, 2.24) is 15.1 Å². The standard InChI is InChI=1S/C17H27N3O/c1-21-14-16-4-2-3-15(11-16)13-19-7-9-20(10-8-19)17-5-6-18-12-17/h2-4,11,17-18H,5-10,12-14H2,1H3. The Balaban J connectivity index is 1.49. The SMILES string of the molecule is COCc1cccc(CN2CCN(C3CCNC3)CC2)c1. The topological polar surface area (TPSA) is 27.7 Å². The van der Waals surface area contributed by atoms with E-state index in [1.165, 1.54) is 56.8 Å². The number of piperazine rings is 1. The molecule has 1 atom stereocenters. The van der Waals surface area contributed by atoms with Gasteiger partial charge in [-0.15, -0.1) is 0 Å². The van der Waals surface area contributed by atoms with Crippen LogP contribution >= 0.6 is 0 Å². The molecule has 0 aromatic heterocycles. The summed E-state index contributed by atoms with van der Waals surface area (Å²) in [4.78, 5) is 5.24. The summed E-state index contributed by atoms with van der Waals surface area (Å²) in [5, 5.41) is 3.47. The highest BCUT2D eigenvalue weighted by atomic mass is 16.5. The van der Waals surface area contributed by atoms with Crippen molar-refractivity contribution in [1.29, 1.82) is 0 Å². The highest BCUT2D eigenvalue weighted by Gasteiger charge is 2.25. The minimum Gasteiger partial charge on any atom is -0.380 e. The van der Waals surface area contributed by atoms with Gasteiger partial charge in [-0.25, -0.2) is 0 Å². The van der Waals surface area contributed by atoms with Crippen molar-refractivity contribution in [2.45, 2.75) is 25.6 Å². The lowest BCUT2D eigenvalue weighted by molar-refractivity contribution is 0.0981. The van der Waals surface area contributed by atoms with E-state index in [2.05, 4.69) is 39.4 Å². The number of methoxy groups -OCH3 is 1. The summed E-state index contributed by atoms with van der Waals surface area (Å²) in [5.41, 5.74) is 2.67. The first kappa shape index (κ1) is 15.0. The molecule has 0 radical (unpaired) electrons. The van der Waals surface area contributed by atoms with Crippen molar-refractivity contribution < 1.29 is 4.74 Å². The Hall–Kier alpha value is -0.940. The Kier molecular flexibility index (Phi) is 5.25. The second-order valence-corrected chi connectivity index (χ2v) is 6.21. The van der Waals surface area contributed by atoms with E-state index in [-0.39, 0.29) is 0 Å². The van der Waals surface area contributed by atoms with Gasteiger partial charge in [-0.1, -0.05) is 24.3 Å². The van der Waals surface area contributed by atoms with Crippen LogP contribution in [0.3, 0.4) is 0 Å². The van der Waals surface area contributed by atoms with E-state index in [0.29, 0.717) is 6.61 Å². The van der Waals surface area contributed by atoms with Gasteiger partial charge in [0.15, 0.2) is 0 Å².